The van der Waals surface area contributed by atoms with Gasteiger partial charge in [-0.2, -0.15) is 5.26 Å². The van der Waals surface area contributed by atoms with E-state index >= 15 is 0 Å². The first-order valence-corrected chi connectivity index (χ1v) is 6.11. The number of hydrogen-bond donors (Lipinski definition) is 1. The van der Waals surface area contributed by atoms with Gasteiger partial charge < -0.3 is 4.98 Å². The lowest BCUT2D eigenvalue weighted by Crippen LogP contribution is -2.07. The summed E-state index contributed by atoms with van der Waals surface area (Å²) >= 11 is 1.37. The van der Waals surface area contributed by atoms with Crippen LogP contribution < -0.4 is 5.56 Å². The second-order valence-electron chi connectivity index (χ2n) is 3.33. The van der Waals surface area contributed by atoms with Gasteiger partial charge in [0, 0.05) is 11.6 Å². The Morgan fingerprint density at radius 2 is 2.24 bits per heavy atom. The fraction of sp³-hybridized carbons (Fsp3) is 0.0833. The van der Waals surface area contributed by atoms with Crippen molar-refractivity contribution < 1.29 is 0 Å². The molecule has 0 bridgehead atoms. The van der Waals surface area contributed by atoms with Gasteiger partial charge in [0.05, 0.1) is 17.3 Å². The molecule has 1 heterocycles. The van der Waals surface area contributed by atoms with Crippen LogP contribution in [-0.4, -0.2) is 16.2 Å². The highest BCUT2D eigenvalue weighted by Crippen LogP contribution is 2.18. The zero-order valence-corrected chi connectivity index (χ0v) is 9.91. The molecule has 5 heteroatoms. The lowest BCUT2D eigenvalue weighted by Gasteiger charge is -2.02. The van der Waals surface area contributed by atoms with Crippen molar-refractivity contribution in [2.24, 2.45) is 0 Å². The molecule has 0 saturated carbocycles. The number of benzene rings is 1. The summed E-state index contributed by atoms with van der Waals surface area (Å²) in [5.41, 5.74) is 1.71. The molecule has 1 N–H and O–H groups in total. The van der Waals surface area contributed by atoms with Crippen LogP contribution in [0.5, 0.6) is 0 Å². The molecular formula is C12H9N3OS. The van der Waals surface area contributed by atoms with Gasteiger partial charge in [0.1, 0.15) is 0 Å². The molecule has 17 heavy (non-hydrogen) atoms. The van der Waals surface area contributed by atoms with Crippen LogP contribution in [0.15, 0.2) is 40.3 Å². The maximum Gasteiger partial charge on any atom is 0.252 e. The Labute approximate surface area is 102 Å². The average molecular weight is 243 g/mol. The quantitative estimate of drug-likeness (QED) is 0.647. The van der Waals surface area contributed by atoms with Crippen molar-refractivity contribution in [3.8, 4) is 17.3 Å². The molecule has 1 aromatic heterocycles. The predicted octanol–water partition coefficient (Wildman–Crippen LogP) is 2.03. The molecule has 84 valence electrons. The Balaban J connectivity index is 2.56. The largest absolute Gasteiger partial charge is 0.301 e. The molecule has 0 atom stereocenters. The van der Waals surface area contributed by atoms with E-state index in [1.54, 1.807) is 18.2 Å². The van der Waals surface area contributed by atoms with E-state index in [-0.39, 0.29) is 5.56 Å². The number of thioether (sulfide) groups is 1. The summed E-state index contributed by atoms with van der Waals surface area (Å²) in [6.07, 6.45) is 1.84. The van der Waals surface area contributed by atoms with Gasteiger partial charge in [-0.3, -0.25) is 4.79 Å². The lowest BCUT2D eigenvalue weighted by atomic mass is 10.1. The molecule has 0 unspecified atom stereocenters. The molecule has 2 aromatic rings. The topological polar surface area (TPSA) is 69.5 Å². The van der Waals surface area contributed by atoms with Crippen molar-refractivity contribution in [3.63, 3.8) is 0 Å². The third kappa shape index (κ3) is 2.55. The van der Waals surface area contributed by atoms with Gasteiger partial charge in [-0.15, -0.1) is 0 Å². The minimum Gasteiger partial charge on any atom is -0.301 e. The van der Waals surface area contributed by atoms with Crippen LogP contribution in [0.4, 0.5) is 0 Å². The van der Waals surface area contributed by atoms with Crippen molar-refractivity contribution in [1.82, 2.24) is 9.97 Å². The highest BCUT2D eigenvalue weighted by Gasteiger charge is 2.04. The monoisotopic (exact) mass is 243 g/mol. The van der Waals surface area contributed by atoms with Crippen LogP contribution in [0.2, 0.25) is 0 Å². The summed E-state index contributed by atoms with van der Waals surface area (Å²) in [4.78, 5) is 18.3. The number of H-pyrrole nitrogens is 1. The molecule has 0 radical (unpaired) electrons. The molecule has 4 nitrogen and oxygen atoms in total. The zero-order chi connectivity index (χ0) is 12.3. The summed E-state index contributed by atoms with van der Waals surface area (Å²) < 4.78 is 0. The zero-order valence-electron chi connectivity index (χ0n) is 9.10. The number of hydrogen-bond acceptors (Lipinski definition) is 4. The molecule has 0 aliphatic heterocycles. The Bertz CT molecular complexity index is 643. The van der Waals surface area contributed by atoms with Crippen LogP contribution in [-0.2, 0) is 0 Å². The first-order chi connectivity index (χ1) is 8.22. The Hall–Kier alpha value is -2.06. The van der Waals surface area contributed by atoms with E-state index < -0.39 is 0 Å². The van der Waals surface area contributed by atoms with Gasteiger partial charge in [0.25, 0.3) is 5.56 Å². The van der Waals surface area contributed by atoms with Crippen LogP contribution in [0.25, 0.3) is 11.3 Å². The van der Waals surface area contributed by atoms with E-state index in [0.29, 0.717) is 16.4 Å². The number of nitrogens with zero attached hydrogens (tertiary/aromatic N) is 2. The van der Waals surface area contributed by atoms with Crippen LogP contribution in [0, 0.1) is 11.3 Å². The minimum atomic E-state index is -0.193. The summed E-state index contributed by atoms with van der Waals surface area (Å²) in [7, 11) is 0. The number of aromatic amines is 1. The third-order valence-corrected chi connectivity index (χ3v) is 2.78. The van der Waals surface area contributed by atoms with E-state index in [1.807, 2.05) is 12.3 Å². The van der Waals surface area contributed by atoms with Crippen LogP contribution in [0.3, 0.4) is 0 Å². The summed E-state index contributed by atoms with van der Waals surface area (Å²) in [5, 5.41) is 9.39. The fourth-order valence-electron chi connectivity index (χ4n) is 1.43. The third-order valence-electron chi connectivity index (χ3n) is 2.20. The van der Waals surface area contributed by atoms with Crippen LogP contribution in [0.1, 0.15) is 5.56 Å². The van der Waals surface area contributed by atoms with Gasteiger partial charge in [-0.05, 0) is 18.4 Å². The second kappa shape index (κ2) is 4.85. The molecule has 0 saturated heterocycles. The van der Waals surface area contributed by atoms with Crippen molar-refractivity contribution in [2.75, 3.05) is 6.26 Å². The number of nitriles is 1. The van der Waals surface area contributed by atoms with Crippen LogP contribution >= 0.6 is 11.8 Å². The van der Waals surface area contributed by atoms with E-state index in [4.69, 9.17) is 5.26 Å². The standard InChI is InChI=1S/C12H9N3OS/c1-17-12-14-10(6-11(16)15-12)9-4-2-3-8(5-9)7-13/h2-6H,1H3,(H,14,15,16). The van der Waals surface area contributed by atoms with Crippen molar-refractivity contribution in [3.05, 3.63) is 46.2 Å². The Morgan fingerprint density at radius 3 is 2.94 bits per heavy atom. The average Bonchev–Trinajstić information content (AvgIpc) is 2.38. The van der Waals surface area contributed by atoms with Gasteiger partial charge in [-0.25, -0.2) is 4.98 Å². The fourth-order valence-corrected chi connectivity index (χ4v) is 1.82. The van der Waals surface area contributed by atoms with E-state index in [2.05, 4.69) is 16.0 Å². The van der Waals surface area contributed by atoms with E-state index in [1.165, 1.54) is 17.8 Å². The molecule has 1 aromatic carbocycles. The van der Waals surface area contributed by atoms with Gasteiger partial charge in [0.2, 0.25) is 0 Å². The summed E-state index contributed by atoms with van der Waals surface area (Å²) in [6, 6.07) is 10.5. The molecule has 0 spiro atoms. The second-order valence-corrected chi connectivity index (χ2v) is 4.13. The molecule has 0 aliphatic rings. The van der Waals surface area contributed by atoms with E-state index in [9.17, 15) is 4.79 Å². The van der Waals surface area contributed by atoms with Crippen molar-refractivity contribution in [2.45, 2.75) is 5.16 Å². The first kappa shape index (κ1) is 11.4. The van der Waals surface area contributed by atoms with Gasteiger partial charge in [0.15, 0.2) is 5.16 Å². The van der Waals surface area contributed by atoms with Crippen molar-refractivity contribution in [1.29, 1.82) is 5.26 Å². The smallest absolute Gasteiger partial charge is 0.252 e. The number of rotatable bonds is 2. The summed E-state index contributed by atoms with van der Waals surface area (Å²) in [5.74, 6) is 0. The lowest BCUT2D eigenvalue weighted by molar-refractivity contribution is 0.945. The predicted molar refractivity (Wildman–Crippen MR) is 66.8 cm³/mol. The Morgan fingerprint density at radius 1 is 1.41 bits per heavy atom. The summed E-state index contributed by atoms with van der Waals surface area (Å²) in [6.45, 7) is 0. The number of aromatic nitrogens is 2. The van der Waals surface area contributed by atoms with E-state index in [0.717, 1.165) is 5.56 Å². The normalized spacial score (nSPS) is 9.88. The molecule has 0 aliphatic carbocycles. The molecular weight excluding hydrogens is 234 g/mol. The molecule has 0 amide bonds. The van der Waals surface area contributed by atoms with Gasteiger partial charge >= 0.3 is 0 Å². The minimum absolute atomic E-state index is 0.193. The maximum atomic E-state index is 11.4. The first-order valence-electron chi connectivity index (χ1n) is 4.89. The van der Waals surface area contributed by atoms with Gasteiger partial charge in [-0.1, -0.05) is 23.9 Å². The van der Waals surface area contributed by atoms with Crippen molar-refractivity contribution >= 4 is 11.8 Å². The molecule has 2 rings (SSSR count). The maximum absolute atomic E-state index is 11.4. The highest BCUT2D eigenvalue weighted by molar-refractivity contribution is 7.98. The SMILES string of the molecule is CSc1nc(-c2cccc(C#N)c2)cc(=O)[nH]1. The highest BCUT2D eigenvalue weighted by atomic mass is 32.2. The number of nitrogens with one attached hydrogen (secondary N) is 1. The molecule has 0 fully saturated rings. The Kier molecular flexibility index (Phi) is 3.26.